The van der Waals surface area contributed by atoms with Crippen molar-refractivity contribution in [1.82, 2.24) is 14.5 Å². The average Bonchev–Trinajstić information content (AvgIpc) is 3.24. The molecule has 1 aliphatic rings. The SMILES string of the molecule is Cc1ccc(S(=O)(=O)N(C(=O)[C@H]2NC(C)(C)CS2)[C@@H](Cc2ccc(OC(=O)N(C)C)c(Cl)c2)C(=O)OC(C)C)cc1. The van der Waals surface area contributed by atoms with Crippen LogP contribution in [-0.4, -0.2) is 78.5 Å². The molecule has 1 aliphatic heterocycles. The molecule has 1 heterocycles. The number of nitrogens with zero attached hydrogens (tertiary/aromatic N) is 2. The molecule has 0 radical (unpaired) electrons. The van der Waals surface area contributed by atoms with Crippen molar-refractivity contribution < 1.29 is 32.3 Å². The number of benzene rings is 2. The van der Waals surface area contributed by atoms with E-state index in [0.29, 0.717) is 15.6 Å². The fraction of sp³-hybridized carbons (Fsp3) is 0.464. The third-order valence-corrected chi connectivity index (χ3v) is 9.70. The Morgan fingerprint density at radius 2 is 1.76 bits per heavy atom. The van der Waals surface area contributed by atoms with Gasteiger partial charge in [-0.15, -0.1) is 11.8 Å². The number of ether oxygens (including phenoxy) is 2. The number of esters is 1. The van der Waals surface area contributed by atoms with Gasteiger partial charge in [-0.2, -0.15) is 0 Å². The maximum absolute atomic E-state index is 14.1. The predicted molar refractivity (Wildman–Crippen MR) is 159 cm³/mol. The number of amides is 2. The second-order valence-electron chi connectivity index (χ2n) is 10.9. The number of halogens is 1. The van der Waals surface area contributed by atoms with E-state index < -0.39 is 51.1 Å². The van der Waals surface area contributed by atoms with Crippen LogP contribution in [0.3, 0.4) is 0 Å². The number of carbonyl (C=O) groups is 3. The van der Waals surface area contributed by atoms with Gasteiger partial charge in [-0.25, -0.2) is 22.3 Å². The van der Waals surface area contributed by atoms with Crippen molar-refractivity contribution >= 4 is 51.4 Å². The van der Waals surface area contributed by atoms with Crippen molar-refractivity contribution in [2.24, 2.45) is 0 Å². The molecule has 0 saturated carbocycles. The lowest BCUT2D eigenvalue weighted by atomic mass is 10.1. The summed E-state index contributed by atoms with van der Waals surface area (Å²) in [4.78, 5) is 40.6. The van der Waals surface area contributed by atoms with Gasteiger partial charge >= 0.3 is 12.1 Å². The molecule has 13 heteroatoms. The van der Waals surface area contributed by atoms with Crippen LogP contribution >= 0.6 is 23.4 Å². The summed E-state index contributed by atoms with van der Waals surface area (Å²) < 4.78 is 39.6. The lowest BCUT2D eigenvalue weighted by molar-refractivity contribution is -0.155. The minimum absolute atomic E-state index is 0.0720. The number of nitrogens with one attached hydrogen (secondary N) is 1. The van der Waals surface area contributed by atoms with Crippen molar-refractivity contribution in [3.05, 3.63) is 58.6 Å². The largest absolute Gasteiger partial charge is 0.461 e. The zero-order valence-corrected chi connectivity index (χ0v) is 26.5. The van der Waals surface area contributed by atoms with Crippen molar-refractivity contribution in [1.29, 1.82) is 0 Å². The summed E-state index contributed by atoms with van der Waals surface area (Å²) in [6.07, 6.45) is -1.44. The zero-order chi connectivity index (χ0) is 30.7. The number of sulfonamides is 1. The fourth-order valence-corrected chi connectivity index (χ4v) is 7.16. The molecule has 10 nitrogen and oxygen atoms in total. The molecule has 0 unspecified atom stereocenters. The Labute approximate surface area is 250 Å². The molecule has 1 saturated heterocycles. The molecule has 1 fully saturated rings. The van der Waals surface area contributed by atoms with E-state index in [1.807, 2.05) is 20.8 Å². The highest BCUT2D eigenvalue weighted by atomic mass is 35.5. The molecule has 0 bridgehead atoms. The number of hydrogen-bond acceptors (Lipinski definition) is 9. The number of thioether (sulfide) groups is 1. The maximum Gasteiger partial charge on any atom is 0.414 e. The molecular formula is C28H36ClN3O7S2. The summed E-state index contributed by atoms with van der Waals surface area (Å²) in [5.74, 6) is -1.02. The van der Waals surface area contributed by atoms with Gasteiger partial charge in [0.05, 0.1) is 16.0 Å². The Kier molecular flexibility index (Phi) is 10.4. The molecule has 2 atom stereocenters. The lowest BCUT2D eigenvalue weighted by Gasteiger charge is -2.32. The van der Waals surface area contributed by atoms with E-state index in [1.165, 1.54) is 55.0 Å². The van der Waals surface area contributed by atoms with Crippen LogP contribution in [0.2, 0.25) is 5.02 Å². The van der Waals surface area contributed by atoms with E-state index in [9.17, 15) is 22.8 Å². The summed E-state index contributed by atoms with van der Waals surface area (Å²) in [7, 11) is -1.47. The highest BCUT2D eigenvalue weighted by molar-refractivity contribution is 8.01. The van der Waals surface area contributed by atoms with Gasteiger partial charge in [0.2, 0.25) is 0 Å². The number of hydrogen-bond donors (Lipinski definition) is 1. The normalized spacial score (nSPS) is 17.1. The minimum Gasteiger partial charge on any atom is -0.461 e. The average molecular weight is 626 g/mol. The second kappa shape index (κ2) is 13.0. The Morgan fingerprint density at radius 1 is 1.12 bits per heavy atom. The monoisotopic (exact) mass is 625 g/mol. The zero-order valence-electron chi connectivity index (χ0n) is 24.1. The van der Waals surface area contributed by atoms with Crippen LogP contribution in [0, 0.1) is 6.92 Å². The van der Waals surface area contributed by atoms with Crippen molar-refractivity contribution in [2.45, 2.75) is 69.0 Å². The molecule has 2 aromatic carbocycles. The Balaban J connectivity index is 2.10. The second-order valence-corrected chi connectivity index (χ2v) is 14.2. The van der Waals surface area contributed by atoms with Crippen LogP contribution in [0.4, 0.5) is 4.79 Å². The summed E-state index contributed by atoms with van der Waals surface area (Å²) >= 11 is 7.65. The van der Waals surface area contributed by atoms with E-state index in [2.05, 4.69) is 5.32 Å². The van der Waals surface area contributed by atoms with Crippen LogP contribution in [0.1, 0.15) is 38.8 Å². The summed E-state index contributed by atoms with van der Waals surface area (Å²) in [5.41, 5.74) is 0.831. The van der Waals surface area contributed by atoms with Crippen LogP contribution in [-0.2, 0) is 30.8 Å². The predicted octanol–water partition coefficient (Wildman–Crippen LogP) is 4.23. The van der Waals surface area contributed by atoms with E-state index in [-0.39, 0.29) is 22.1 Å². The summed E-state index contributed by atoms with van der Waals surface area (Å²) in [6, 6.07) is 8.95. The molecule has 0 aliphatic carbocycles. The van der Waals surface area contributed by atoms with E-state index in [4.69, 9.17) is 21.1 Å². The third kappa shape index (κ3) is 8.15. The van der Waals surface area contributed by atoms with E-state index in [1.54, 1.807) is 32.0 Å². The molecule has 41 heavy (non-hydrogen) atoms. The van der Waals surface area contributed by atoms with Crippen LogP contribution in [0.25, 0.3) is 0 Å². The van der Waals surface area contributed by atoms with Gasteiger partial charge in [0.1, 0.15) is 11.4 Å². The Bertz CT molecular complexity index is 1400. The Hall–Kier alpha value is -2.80. The molecule has 1 N–H and O–H groups in total. The van der Waals surface area contributed by atoms with Gasteiger partial charge in [-0.3, -0.25) is 10.1 Å². The van der Waals surface area contributed by atoms with Gasteiger partial charge in [0.25, 0.3) is 15.9 Å². The summed E-state index contributed by atoms with van der Waals surface area (Å²) in [5, 5.41) is 2.33. The van der Waals surface area contributed by atoms with Gasteiger partial charge in [-0.1, -0.05) is 35.4 Å². The maximum atomic E-state index is 14.1. The molecule has 2 aromatic rings. The van der Waals surface area contributed by atoms with Crippen molar-refractivity contribution in [3.63, 3.8) is 0 Å². The van der Waals surface area contributed by atoms with Crippen LogP contribution in [0.15, 0.2) is 47.4 Å². The smallest absolute Gasteiger partial charge is 0.414 e. The van der Waals surface area contributed by atoms with Gasteiger partial charge < -0.3 is 14.4 Å². The molecule has 3 rings (SSSR count). The third-order valence-electron chi connectivity index (χ3n) is 6.05. The standard InChI is InChI=1S/C28H36ClN3O7S2/c1-17(2)38-26(34)22(15-19-10-13-23(21(29)14-19)39-27(35)31(6)7)32(25(33)24-30-28(4,5)16-40-24)41(36,37)20-11-8-18(3)9-12-20/h8-14,17,22,24,30H,15-16H2,1-7H3/t22-,24-/m0/s1. The first kappa shape index (κ1) is 32.7. The van der Waals surface area contributed by atoms with E-state index >= 15 is 0 Å². The number of aryl methyl sites for hydroxylation is 1. The first-order valence-electron chi connectivity index (χ1n) is 12.9. The molecular weight excluding hydrogens is 590 g/mol. The van der Waals surface area contributed by atoms with Gasteiger partial charge in [0, 0.05) is 31.8 Å². The summed E-state index contributed by atoms with van der Waals surface area (Å²) in [6.45, 7) is 8.90. The topological polar surface area (TPSA) is 122 Å². The first-order chi connectivity index (χ1) is 19.0. The molecule has 224 valence electrons. The minimum atomic E-state index is -4.51. The van der Waals surface area contributed by atoms with Gasteiger partial charge in [0.15, 0.2) is 5.75 Å². The van der Waals surface area contributed by atoms with Crippen LogP contribution < -0.4 is 10.1 Å². The van der Waals surface area contributed by atoms with Gasteiger partial charge in [-0.05, 0) is 64.4 Å². The number of rotatable bonds is 9. The molecule has 0 aromatic heterocycles. The Morgan fingerprint density at radius 3 is 2.27 bits per heavy atom. The highest BCUT2D eigenvalue weighted by Gasteiger charge is 2.46. The number of carbonyl (C=O) groups excluding carboxylic acids is 3. The highest BCUT2D eigenvalue weighted by Crippen LogP contribution is 2.32. The fourth-order valence-electron chi connectivity index (χ4n) is 3.98. The molecule has 0 spiro atoms. The first-order valence-corrected chi connectivity index (χ1v) is 15.8. The van der Waals surface area contributed by atoms with Crippen molar-refractivity contribution in [3.8, 4) is 5.75 Å². The molecule has 2 amide bonds. The van der Waals surface area contributed by atoms with Crippen LogP contribution in [0.5, 0.6) is 5.75 Å². The lowest BCUT2D eigenvalue weighted by Crippen LogP contribution is -2.56. The van der Waals surface area contributed by atoms with Crippen molar-refractivity contribution in [2.75, 3.05) is 19.8 Å². The van der Waals surface area contributed by atoms with E-state index in [0.717, 1.165) is 5.56 Å². The quantitative estimate of drug-likeness (QED) is 0.408.